The van der Waals surface area contributed by atoms with Gasteiger partial charge in [0.15, 0.2) is 0 Å². The molecule has 4 rings (SSSR count). The van der Waals surface area contributed by atoms with Gasteiger partial charge in [0.25, 0.3) is 0 Å². The molecule has 3 heterocycles. The smallest absolute Gasteiger partial charge is 0.409 e. The monoisotopic (exact) mass is 385 g/mol. The summed E-state index contributed by atoms with van der Waals surface area (Å²) < 4.78 is 7.28. The Balaban J connectivity index is 1.50. The second-order valence-corrected chi connectivity index (χ2v) is 7.31. The van der Waals surface area contributed by atoms with Crippen molar-refractivity contribution in [2.24, 2.45) is 0 Å². The van der Waals surface area contributed by atoms with Crippen LogP contribution in [0.3, 0.4) is 0 Å². The van der Waals surface area contributed by atoms with Gasteiger partial charge in [0.1, 0.15) is 0 Å². The molecule has 2 aromatic heterocycles. The molecule has 0 bridgehead atoms. The van der Waals surface area contributed by atoms with E-state index in [9.17, 15) is 4.79 Å². The molecule has 0 radical (unpaired) electrons. The molecule has 3 aromatic rings. The summed E-state index contributed by atoms with van der Waals surface area (Å²) in [5, 5.41) is 5.66. The summed E-state index contributed by atoms with van der Waals surface area (Å²) in [5.74, 6) is 0.860. The first-order valence-electron chi connectivity index (χ1n) is 9.25. The zero-order chi connectivity index (χ0) is 18.6. The summed E-state index contributed by atoms with van der Waals surface area (Å²) in [6.45, 7) is 4.33. The van der Waals surface area contributed by atoms with E-state index in [1.165, 1.54) is 0 Å². The fourth-order valence-corrected chi connectivity index (χ4v) is 3.98. The van der Waals surface area contributed by atoms with E-state index in [0.717, 1.165) is 35.5 Å². The van der Waals surface area contributed by atoms with E-state index in [1.807, 2.05) is 30.6 Å². The highest BCUT2D eigenvalue weighted by Crippen LogP contribution is 2.24. The number of aromatic nitrogens is 3. The molecule has 0 spiro atoms. The van der Waals surface area contributed by atoms with Crippen molar-refractivity contribution in [2.45, 2.75) is 32.4 Å². The predicted octanol–water partition coefficient (Wildman–Crippen LogP) is 3.57. The van der Waals surface area contributed by atoms with Crippen LogP contribution in [0.2, 0.25) is 0 Å². The number of amides is 1. The van der Waals surface area contributed by atoms with E-state index in [-0.39, 0.29) is 12.1 Å². The number of nitrogens with zero attached hydrogens (tertiary/aromatic N) is 4. The number of benzene rings is 1. The summed E-state index contributed by atoms with van der Waals surface area (Å²) in [6.07, 6.45) is 1.53. The van der Waals surface area contributed by atoms with Gasteiger partial charge in [0.2, 0.25) is 5.95 Å². The number of carbonyl (C=O) groups excluding carboxylic acids is 1. The molecular formula is C19H23N5O2S. The van der Waals surface area contributed by atoms with E-state index in [2.05, 4.69) is 26.3 Å². The lowest BCUT2D eigenvalue weighted by Gasteiger charge is -2.31. The third kappa shape index (κ3) is 3.90. The highest BCUT2D eigenvalue weighted by molar-refractivity contribution is 7.07. The molecule has 1 aliphatic heterocycles. The predicted molar refractivity (Wildman–Crippen MR) is 106 cm³/mol. The number of rotatable bonds is 5. The van der Waals surface area contributed by atoms with Gasteiger partial charge in [-0.25, -0.2) is 14.8 Å². The van der Waals surface area contributed by atoms with Gasteiger partial charge in [-0.3, -0.25) is 0 Å². The average Bonchev–Trinajstić information content (AvgIpc) is 3.31. The van der Waals surface area contributed by atoms with Crippen LogP contribution >= 0.6 is 11.3 Å². The zero-order valence-electron chi connectivity index (χ0n) is 15.3. The van der Waals surface area contributed by atoms with Crippen LogP contribution < -0.4 is 5.32 Å². The number of anilines is 1. The Kier molecular flexibility index (Phi) is 5.24. The number of para-hydroxylation sites is 2. The van der Waals surface area contributed by atoms with Gasteiger partial charge in [-0.15, -0.1) is 11.3 Å². The molecular weight excluding hydrogens is 362 g/mol. The largest absolute Gasteiger partial charge is 0.450 e. The lowest BCUT2D eigenvalue weighted by Crippen LogP contribution is -2.42. The van der Waals surface area contributed by atoms with Crippen molar-refractivity contribution in [3.05, 3.63) is 40.8 Å². The second kappa shape index (κ2) is 7.96. The van der Waals surface area contributed by atoms with Gasteiger partial charge in [0, 0.05) is 24.5 Å². The van der Waals surface area contributed by atoms with Crippen molar-refractivity contribution in [3.63, 3.8) is 0 Å². The Hall–Kier alpha value is -2.61. The average molecular weight is 385 g/mol. The summed E-state index contributed by atoms with van der Waals surface area (Å²) in [7, 11) is 0. The van der Waals surface area contributed by atoms with Crippen LogP contribution in [0.1, 0.15) is 25.5 Å². The first-order valence-corrected chi connectivity index (χ1v) is 10.2. The van der Waals surface area contributed by atoms with Gasteiger partial charge < -0.3 is 19.5 Å². The van der Waals surface area contributed by atoms with Gasteiger partial charge in [-0.05, 0) is 31.9 Å². The molecule has 0 aliphatic carbocycles. The number of thiazole rings is 1. The molecule has 0 atom stereocenters. The number of hydrogen-bond donors (Lipinski definition) is 1. The number of piperidine rings is 1. The van der Waals surface area contributed by atoms with Crippen LogP contribution in [0.15, 0.2) is 35.2 Å². The van der Waals surface area contributed by atoms with Crippen molar-refractivity contribution in [1.29, 1.82) is 0 Å². The quantitative estimate of drug-likeness (QED) is 0.727. The maximum atomic E-state index is 11.9. The van der Waals surface area contributed by atoms with Gasteiger partial charge in [0.05, 0.1) is 35.4 Å². The summed E-state index contributed by atoms with van der Waals surface area (Å²) in [4.78, 5) is 22.9. The molecule has 7 nitrogen and oxygen atoms in total. The Bertz CT molecular complexity index is 900. The molecule has 1 aliphatic rings. The minimum Gasteiger partial charge on any atom is -0.450 e. The van der Waals surface area contributed by atoms with Crippen molar-refractivity contribution >= 4 is 34.4 Å². The molecule has 142 valence electrons. The van der Waals surface area contributed by atoms with Gasteiger partial charge in [-0.1, -0.05) is 12.1 Å². The van der Waals surface area contributed by atoms with Crippen LogP contribution in [0, 0.1) is 0 Å². The van der Waals surface area contributed by atoms with Crippen LogP contribution in [0.4, 0.5) is 10.7 Å². The van der Waals surface area contributed by atoms with Crippen molar-refractivity contribution in [2.75, 3.05) is 25.0 Å². The molecule has 1 amide bonds. The first kappa shape index (κ1) is 17.8. The van der Waals surface area contributed by atoms with Crippen LogP contribution in [-0.4, -0.2) is 51.3 Å². The number of likely N-dealkylation sites (tertiary alicyclic amines) is 1. The Labute approximate surface area is 162 Å². The van der Waals surface area contributed by atoms with E-state index in [4.69, 9.17) is 9.72 Å². The molecule has 1 aromatic carbocycles. The SMILES string of the molecule is CCOC(=O)N1CCC(Nc2nc3ccccc3n2Cc2cscn2)CC1. The van der Waals surface area contributed by atoms with Crippen LogP contribution in [-0.2, 0) is 11.3 Å². The third-order valence-electron chi connectivity index (χ3n) is 4.81. The second-order valence-electron chi connectivity index (χ2n) is 6.59. The number of fused-ring (bicyclic) bond motifs is 1. The number of hydrogen-bond acceptors (Lipinski definition) is 6. The Morgan fingerprint density at radius 2 is 2.15 bits per heavy atom. The summed E-state index contributed by atoms with van der Waals surface area (Å²) >= 11 is 1.60. The highest BCUT2D eigenvalue weighted by Gasteiger charge is 2.25. The van der Waals surface area contributed by atoms with Gasteiger partial charge in [-0.2, -0.15) is 0 Å². The van der Waals surface area contributed by atoms with Crippen LogP contribution in [0.25, 0.3) is 11.0 Å². The number of carbonyl (C=O) groups is 1. The topological polar surface area (TPSA) is 72.3 Å². The number of nitrogens with one attached hydrogen (secondary N) is 1. The molecule has 1 fully saturated rings. The maximum absolute atomic E-state index is 11.9. The zero-order valence-corrected chi connectivity index (χ0v) is 16.1. The highest BCUT2D eigenvalue weighted by atomic mass is 32.1. The molecule has 8 heteroatoms. The lowest BCUT2D eigenvalue weighted by molar-refractivity contribution is 0.0983. The lowest BCUT2D eigenvalue weighted by atomic mass is 10.1. The molecule has 0 saturated carbocycles. The molecule has 27 heavy (non-hydrogen) atoms. The van der Waals surface area contributed by atoms with Gasteiger partial charge >= 0.3 is 6.09 Å². The molecule has 0 unspecified atom stereocenters. The van der Waals surface area contributed by atoms with E-state index in [0.29, 0.717) is 26.2 Å². The Morgan fingerprint density at radius 1 is 1.33 bits per heavy atom. The van der Waals surface area contributed by atoms with Crippen molar-refractivity contribution < 1.29 is 9.53 Å². The fraction of sp³-hybridized carbons (Fsp3) is 0.421. The molecule has 1 saturated heterocycles. The van der Waals surface area contributed by atoms with Crippen LogP contribution in [0.5, 0.6) is 0 Å². The third-order valence-corrected chi connectivity index (χ3v) is 5.45. The van der Waals surface area contributed by atoms with Crippen molar-refractivity contribution in [3.8, 4) is 0 Å². The first-order chi connectivity index (χ1) is 13.2. The minimum absolute atomic E-state index is 0.216. The summed E-state index contributed by atoms with van der Waals surface area (Å²) in [5.41, 5.74) is 4.95. The molecule has 1 N–H and O–H groups in total. The Morgan fingerprint density at radius 3 is 2.89 bits per heavy atom. The van der Waals surface area contributed by atoms with E-state index in [1.54, 1.807) is 16.2 Å². The minimum atomic E-state index is -0.216. The fourth-order valence-electron chi connectivity index (χ4n) is 3.43. The normalized spacial score (nSPS) is 15.2. The van der Waals surface area contributed by atoms with Crippen molar-refractivity contribution in [1.82, 2.24) is 19.4 Å². The van der Waals surface area contributed by atoms with E-state index >= 15 is 0 Å². The van der Waals surface area contributed by atoms with E-state index < -0.39 is 0 Å². The number of ether oxygens (including phenoxy) is 1. The summed E-state index contributed by atoms with van der Waals surface area (Å²) in [6, 6.07) is 8.43. The number of imidazole rings is 1. The standard InChI is InChI=1S/C19H23N5O2S/c1-2-26-19(25)23-9-7-14(8-10-23)21-18-22-16-5-3-4-6-17(16)24(18)11-15-12-27-13-20-15/h3-6,12-14H,2,7-11H2,1H3,(H,21,22). The maximum Gasteiger partial charge on any atom is 0.409 e.